The molecule has 1 saturated carbocycles. The molecule has 2 aliphatic rings. The number of nitrogens with one attached hydrogen (secondary N) is 2. The number of hydrogen-bond acceptors (Lipinski definition) is 7. The van der Waals surface area contributed by atoms with Crippen LogP contribution in [0.25, 0.3) is 0 Å². The molecule has 0 unspecified atom stereocenters. The number of carbonyl (C=O) groups is 1. The van der Waals surface area contributed by atoms with Crippen LogP contribution in [0.1, 0.15) is 42.5 Å². The number of nitrogens with two attached hydrogens (primary N) is 1. The van der Waals surface area contributed by atoms with E-state index >= 15 is 0 Å². The van der Waals surface area contributed by atoms with Gasteiger partial charge in [0.05, 0.1) is 17.7 Å². The van der Waals surface area contributed by atoms with Crippen LogP contribution in [-0.4, -0.2) is 52.4 Å². The van der Waals surface area contributed by atoms with Crippen molar-refractivity contribution in [2.75, 3.05) is 23.8 Å². The largest absolute Gasteiger partial charge is 0.391 e. The summed E-state index contributed by atoms with van der Waals surface area (Å²) < 4.78 is 5.33. The van der Waals surface area contributed by atoms with Crippen LogP contribution in [0.15, 0.2) is 6.20 Å². The highest BCUT2D eigenvalue weighted by Crippen LogP contribution is 2.24. The lowest BCUT2D eigenvalue weighted by atomic mass is 10.1. The van der Waals surface area contributed by atoms with Gasteiger partial charge in [-0.2, -0.15) is 4.98 Å². The number of rotatable bonds is 5. The van der Waals surface area contributed by atoms with Crippen LogP contribution < -0.4 is 16.4 Å². The van der Waals surface area contributed by atoms with E-state index in [1.165, 1.54) is 6.20 Å². The first-order chi connectivity index (χ1) is 11.1. The van der Waals surface area contributed by atoms with Crippen molar-refractivity contribution in [3.05, 3.63) is 11.8 Å². The van der Waals surface area contributed by atoms with Crippen LogP contribution >= 0.6 is 0 Å². The van der Waals surface area contributed by atoms with Gasteiger partial charge in [-0.15, -0.1) is 0 Å². The van der Waals surface area contributed by atoms with Gasteiger partial charge in [-0.1, -0.05) is 0 Å². The average molecular weight is 321 g/mol. The van der Waals surface area contributed by atoms with Crippen molar-refractivity contribution in [1.29, 1.82) is 0 Å². The summed E-state index contributed by atoms with van der Waals surface area (Å²) in [6.07, 6.45) is 5.32. The molecule has 2 heterocycles. The summed E-state index contributed by atoms with van der Waals surface area (Å²) in [5.74, 6) is 0.252. The second kappa shape index (κ2) is 7.10. The third kappa shape index (κ3) is 3.89. The highest BCUT2D eigenvalue weighted by atomic mass is 16.5. The fourth-order valence-electron chi connectivity index (χ4n) is 3.05. The number of aliphatic hydroxyl groups is 1. The maximum atomic E-state index is 11.6. The summed E-state index contributed by atoms with van der Waals surface area (Å²) in [6, 6.07) is 0.145. The van der Waals surface area contributed by atoms with Crippen LogP contribution in [0, 0.1) is 0 Å². The van der Waals surface area contributed by atoms with E-state index in [0.29, 0.717) is 11.8 Å². The number of anilines is 2. The van der Waals surface area contributed by atoms with E-state index in [1.54, 1.807) is 0 Å². The Labute approximate surface area is 134 Å². The number of ether oxygens (including phenoxy) is 1. The Kier molecular flexibility index (Phi) is 4.92. The van der Waals surface area contributed by atoms with Crippen molar-refractivity contribution in [2.45, 2.75) is 50.3 Å². The van der Waals surface area contributed by atoms with Crippen molar-refractivity contribution in [3.63, 3.8) is 0 Å². The zero-order valence-corrected chi connectivity index (χ0v) is 13.0. The number of amides is 1. The zero-order valence-electron chi connectivity index (χ0n) is 13.0. The first kappa shape index (κ1) is 15.9. The Morgan fingerprint density at radius 3 is 2.70 bits per heavy atom. The molecule has 0 aromatic carbocycles. The predicted octanol–water partition coefficient (Wildman–Crippen LogP) is 0.492. The number of primary amides is 1. The second-order valence-corrected chi connectivity index (χ2v) is 6.10. The number of aliphatic hydroxyl groups excluding tert-OH is 1. The smallest absolute Gasteiger partial charge is 0.254 e. The second-order valence-electron chi connectivity index (χ2n) is 6.10. The van der Waals surface area contributed by atoms with Gasteiger partial charge in [-0.05, 0) is 32.1 Å². The minimum atomic E-state index is -0.586. The van der Waals surface area contributed by atoms with Crippen LogP contribution in [0.4, 0.5) is 11.8 Å². The van der Waals surface area contributed by atoms with E-state index in [9.17, 15) is 9.90 Å². The maximum Gasteiger partial charge on any atom is 0.254 e. The summed E-state index contributed by atoms with van der Waals surface area (Å²) in [5, 5.41) is 16.4. The Morgan fingerprint density at radius 2 is 2.04 bits per heavy atom. The molecule has 2 fully saturated rings. The fraction of sp³-hybridized carbons (Fsp3) is 0.667. The number of nitrogens with zero attached hydrogens (tertiary/aromatic N) is 2. The van der Waals surface area contributed by atoms with Crippen LogP contribution in [0.3, 0.4) is 0 Å². The quantitative estimate of drug-likeness (QED) is 0.622. The van der Waals surface area contributed by atoms with E-state index in [4.69, 9.17) is 10.5 Å². The van der Waals surface area contributed by atoms with Gasteiger partial charge < -0.3 is 26.2 Å². The van der Waals surface area contributed by atoms with Gasteiger partial charge in [0.25, 0.3) is 5.91 Å². The predicted molar refractivity (Wildman–Crippen MR) is 85.3 cm³/mol. The molecule has 5 N–H and O–H groups in total. The molecule has 1 saturated heterocycles. The lowest BCUT2D eigenvalue weighted by Gasteiger charge is -2.24. The lowest BCUT2D eigenvalue weighted by Crippen LogP contribution is -2.31. The van der Waals surface area contributed by atoms with E-state index in [2.05, 4.69) is 20.6 Å². The molecule has 8 heteroatoms. The molecule has 0 radical (unpaired) electrons. The number of hydrogen-bond donors (Lipinski definition) is 4. The van der Waals surface area contributed by atoms with Gasteiger partial charge in [0.2, 0.25) is 5.95 Å². The van der Waals surface area contributed by atoms with Gasteiger partial charge in [0.1, 0.15) is 5.82 Å². The SMILES string of the molecule is NC(=O)c1cnc(NC2CCOCC2)nc1N[C@@H]1CCC[C@H]1O. The molecule has 1 amide bonds. The topological polar surface area (TPSA) is 122 Å². The Balaban J connectivity index is 1.76. The highest BCUT2D eigenvalue weighted by Gasteiger charge is 2.27. The maximum absolute atomic E-state index is 11.6. The van der Waals surface area contributed by atoms with Crippen molar-refractivity contribution >= 4 is 17.7 Å². The molecule has 1 aliphatic heterocycles. The number of aromatic nitrogens is 2. The first-order valence-electron chi connectivity index (χ1n) is 8.09. The van der Waals surface area contributed by atoms with Crippen molar-refractivity contribution < 1.29 is 14.6 Å². The molecule has 126 valence electrons. The minimum absolute atomic E-state index is 0.112. The van der Waals surface area contributed by atoms with Gasteiger partial charge in [-0.3, -0.25) is 4.79 Å². The molecule has 0 bridgehead atoms. The first-order valence-corrected chi connectivity index (χ1v) is 8.09. The van der Waals surface area contributed by atoms with Crippen LogP contribution in [0.2, 0.25) is 0 Å². The zero-order chi connectivity index (χ0) is 16.2. The van der Waals surface area contributed by atoms with E-state index < -0.39 is 12.0 Å². The Bertz CT molecular complexity index is 562. The van der Waals surface area contributed by atoms with Gasteiger partial charge in [0, 0.05) is 25.5 Å². The van der Waals surface area contributed by atoms with Crippen molar-refractivity contribution in [3.8, 4) is 0 Å². The number of carbonyl (C=O) groups excluding carboxylic acids is 1. The molecule has 0 spiro atoms. The monoisotopic (exact) mass is 321 g/mol. The molecule has 8 nitrogen and oxygen atoms in total. The van der Waals surface area contributed by atoms with Crippen LogP contribution in [0.5, 0.6) is 0 Å². The Hall–Kier alpha value is -1.93. The summed E-state index contributed by atoms with van der Waals surface area (Å²) in [6.45, 7) is 1.44. The summed E-state index contributed by atoms with van der Waals surface area (Å²) in [4.78, 5) is 20.2. The third-order valence-electron chi connectivity index (χ3n) is 4.41. The molecule has 1 aliphatic carbocycles. The van der Waals surface area contributed by atoms with Gasteiger partial charge in [0.15, 0.2) is 0 Å². The van der Waals surface area contributed by atoms with Crippen LogP contribution in [-0.2, 0) is 4.74 Å². The van der Waals surface area contributed by atoms with Gasteiger partial charge >= 0.3 is 0 Å². The molecular weight excluding hydrogens is 298 g/mol. The summed E-state index contributed by atoms with van der Waals surface area (Å²) >= 11 is 0. The molecular formula is C15H23N5O3. The van der Waals surface area contributed by atoms with Crippen molar-refractivity contribution in [1.82, 2.24) is 9.97 Å². The van der Waals surface area contributed by atoms with E-state index in [1.807, 2.05) is 0 Å². The summed E-state index contributed by atoms with van der Waals surface area (Å²) in [7, 11) is 0. The van der Waals surface area contributed by atoms with E-state index in [-0.39, 0.29) is 17.6 Å². The Morgan fingerprint density at radius 1 is 1.26 bits per heavy atom. The average Bonchev–Trinajstić information content (AvgIpc) is 2.93. The molecule has 1 aromatic heterocycles. The molecule has 1 aromatic rings. The summed E-state index contributed by atoms with van der Waals surface area (Å²) in [5.41, 5.74) is 5.64. The lowest BCUT2D eigenvalue weighted by molar-refractivity contribution is 0.0903. The van der Waals surface area contributed by atoms with Gasteiger partial charge in [-0.25, -0.2) is 4.98 Å². The molecule has 3 rings (SSSR count). The third-order valence-corrected chi connectivity index (χ3v) is 4.41. The molecule has 23 heavy (non-hydrogen) atoms. The normalized spacial score (nSPS) is 25.3. The minimum Gasteiger partial charge on any atom is -0.391 e. The standard InChI is InChI=1S/C15H23N5O3/c16-13(22)10-8-17-15(18-9-4-6-23-7-5-9)20-14(10)19-11-2-1-3-12(11)21/h8-9,11-12,21H,1-7H2,(H2,16,22)(H2,17,18,19,20)/t11-,12-/m1/s1. The van der Waals surface area contributed by atoms with E-state index in [0.717, 1.165) is 45.3 Å². The highest BCUT2D eigenvalue weighted by molar-refractivity contribution is 5.97. The van der Waals surface area contributed by atoms with Crippen molar-refractivity contribution in [2.24, 2.45) is 5.73 Å². The molecule has 2 atom stereocenters. The fourth-order valence-corrected chi connectivity index (χ4v) is 3.05.